The van der Waals surface area contributed by atoms with E-state index in [-0.39, 0.29) is 23.9 Å². The summed E-state index contributed by atoms with van der Waals surface area (Å²) in [5.74, 6) is -0.199. The number of nitriles is 1. The number of rotatable bonds is 9. The van der Waals surface area contributed by atoms with Crippen molar-refractivity contribution in [2.24, 2.45) is 0 Å². The first-order valence-electron chi connectivity index (χ1n) is 12.4. The molecule has 0 atom stereocenters. The van der Waals surface area contributed by atoms with Crippen molar-refractivity contribution >= 4 is 27.5 Å². The van der Waals surface area contributed by atoms with Crippen LogP contribution in [0.1, 0.15) is 45.6 Å². The Balaban J connectivity index is 1.35. The maximum atomic E-state index is 13.6. The maximum Gasteiger partial charge on any atom is 0.251 e. The predicted molar refractivity (Wildman–Crippen MR) is 148 cm³/mol. The van der Waals surface area contributed by atoms with Crippen LogP contribution < -0.4 is 5.32 Å². The van der Waals surface area contributed by atoms with Crippen LogP contribution in [0, 0.1) is 11.3 Å². The summed E-state index contributed by atoms with van der Waals surface area (Å²) in [5.41, 5.74) is 2.76. The molecule has 5 rings (SSSR count). The first-order chi connectivity index (χ1) is 18.8. The Kier molecular flexibility index (Phi) is 7.49. The van der Waals surface area contributed by atoms with Gasteiger partial charge in [-0.3, -0.25) is 9.78 Å². The Hall–Kier alpha value is -4.03. The summed E-state index contributed by atoms with van der Waals surface area (Å²) in [4.78, 5) is 17.4. The Bertz CT molecular complexity index is 1630. The lowest BCUT2D eigenvalue weighted by Crippen LogP contribution is -2.34. The fourth-order valence-corrected chi connectivity index (χ4v) is 5.99. The number of nitrogens with one attached hydrogen (secondary N) is 1. The average molecular weight is 557 g/mol. The lowest BCUT2D eigenvalue weighted by Gasteiger charge is -2.22. The van der Waals surface area contributed by atoms with Crippen LogP contribution in [0.4, 0.5) is 0 Å². The van der Waals surface area contributed by atoms with Gasteiger partial charge in [-0.1, -0.05) is 41.9 Å². The topological polar surface area (TPSA) is 103 Å². The van der Waals surface area contributed by atoms with E-state index >= 15 is 0 Å². The lowest BCUT2D eigenvalue weighted by atomic mass is 10.0. The SMILES string of the molecule is N#Cc1ccc(S(=O)(=O)N(Cc2ccc(C(=O)NC3(c4cccc(Cl)c4)CC3)cc2)Cc2ccccn2)cc1. The van der Waals surface area contributed by atoms with E-state index in [9.17, 15) is 13.2 Å². The van der Waals surface area contributed by atoms with Crippen molar-refractivity contribution in [1.82, 2.24) is 14.6 Å². The number of sulfonamides is 1. The van der Waals surface area contributed by atoms with E-state index in [0.717, 1.165) is 24.0 Å². The molecule has 0 unspecified atom stereocenters. The molecule has 196 valence electrons. The van der Waals surface area contributed by atoms with E-state index in [1.165, 1.54) is 28.6 Å². The first kappa shape index (κ1) is 26.6. The van der Waals surface area contributed by atoms with Gasteiger partial charge < -0.3 is 5.32 Å². The molecular formula is C30H25ClN4O3S. The third-order valence-corrected chi connectivity index (χ3v) is 8.78. The van der Waals surface area contributed by atoms with E-state index in [4.69, 9.17) is 16.9 Å². The zero-order chi connectivity index (χ0) is 27.5. The Labute approximate surface area is 232 Å². The van der Waals surface area contributed by atoms with Gasteiger partial charge in [0.2, 0.25) is 10.0 Å². The van der Waals surface area contributed by atoms with Gasteiger partial charge in [-0.2, -0.15) is 9.57 Å². The Morgan fingerprint density at radius 2 is 1.72 bits per heavy atom. The molecule has 39 heavy (non-hydrogen) atoms. The van der Waals surface area contributed by atoms with E-state index in [1.54, 1.807) is 54.7 Å². The standard InChI is InChI=1S/C30H25ClN4O3S/c31-26-5-3-4-25(18-26)30(15-16-30)34-29(36)24-11-7-23(8-12-24)20-35(21-27-6-1-2-17-33-27)39(37,38)28-13-9-22(19-32)10-14-28/h1-14,17-18H,15-16,20-21H2,(H,34,36). The van der Waals surface area contributed by atoms with Gasteiger partial charge in [0.15, 0.2) is 0 Å². The number of nitrogens with zero attached hydrogens (tertiary/aromatic N) is 3. The molecule has 7 nitrogen and oxygen atoms in total. The molecule has 9 heteroatoms. The van der Waals surface area contributed by atoms with Gasteiger partial charge in [0, 0.05) is 23.3 Å². The molecule has 0 saturated heterocycles. The summed E-state index contributed by atoms with van der Waals surface area (Å²) in [5, 5.41) is 12.8. The molecule has 1 heterocycles. The van der Waals surface area contributed by atoms with Crippen molar-refractivity contribution in [3.63, 3.8) is 0 Å². The third kappa shape index (κ3) is 6.02. The molecule has 1 aliphatic carbocycles. The van der Waals surface area contributed by atoms with Crippen molar-refractivity contribution in [1.29, 1.82) is 5.26 Å². The molecule has 0 bridgehead atoms. The zero-order valence-corrected chi connectivity index (χ0v) is 22.5. The minimum Gasteiger partial charge on any atom is -0.343 e. The van der Waals surface area contributed by atoms with Gasteiger partial charge in [-0.15, -0.1) is 0 Å². The summed E-state index contributed by atoms with van der Waals surface area (Å²) in [6, 6.07) is 27.6. The summed E-state index contributed by atoms with van der Waals surface area (Å²) in [7, 11) is -3.90. The van der Waals surface area contributed by atoms with E-state index in [0.29, 0.717) is 21.8 Å². The van der Waals surface area contributed by atoms with Crippen LogP contribution in [-0.4, -0.2) is 23.6 Å². The van der Waals surface area contributed by atoms with Gasteiger partial charge in [0.05, 0.1) is 34.3 Å². The van der Waals surface area contributed by atoms with Crippen molar-refractivity contribution in [2.45, 2.75) is 36.4 Å². The molecule has 1 amide bonds. The second kappa shape index (κ2) is 11.0. The minimum atomic E-state index is -3.90. The minimum absolute atomic E-state index is 0.0631. The van der Waals surface area contributed by atoms with E-state index in [2.05, 4.69) is 10.3 Å². The number of carbonyl (C=O) groups excluding carboxylic acids is 1. The fourth-order valence-electron chi connectivity index (χ4n) is 4.40. The molecule has 1 saturated carbocycles. The molecule has 1 fully saturated rings. The fraction of sp³-hybridized carbons (Fsp3) is 0.167. The number of carbonyl (C=O) groups is 1. The number of hydrogen-bond acceptors (Lipinski definition) is 5. The van der Waals surface area contributed by atoms with Crippen LogP contribution >= 0.6 is 11.6 Å². The monoisotopic (exact) mass is 556 g/mol. The number of amides is 1. The number of benzene rings is 3. The number of halogens is 1. The maximum absolute atomic E-state index is 13.6. The van der Waals surface area contributed by atoms with Crippen LogP contribution in [0.3, 0.4) is 0 Å². The number of aromatic nitrogens is 1. The van der Waals surface area contributed by atoms with Crippen molar-refractivity contribution in [3.8, 4) is 6.07 Å². The molecule has 0 spiro atoms. The van der Waals surface area contributed by atoms with Crippen LogP contribution in [0.5, 0.6) is 0 Å². The summed E-state index contributed by atoms with van der Waals surface area (Å²) in [6.45, 7) is 0.140. The molecule has 1 aliphatic rings. The van der Waals surface area contributed by atoms with Crippen LogP contribution in [-0.2, 0) is 28.7 Å². The summed E-state index contributed by atoms with van der Waals surface area (Å²) in [6.07, 6.45) is 3.30. The smallest absolute Gasteiger partial charge is 0.251 e. The quantitative estimate of drug-likeness (QED) is 0.296. The van der Waals surface area contributed by atoms with Gasteiger partial charge in [0.1, 0.15) is 0 Å². The van der Waals surface area contributed by atoms with E-state index in [1.807, 2.05) is 24.3 Å². The van der Waals surface area contributed by atoms with Crippen LogP contribution in [0.25, 0.3) is 0 Å². The highest BCUT2D eigenvalue weighted by Gasteiger charge is 2.45. The predicted octanol–water partition coefficient (Wildman–Crippen LogP) is 5.42. The van der Waals surface area contributed by atoms with Crippen LogP contribution in [0.15, 0.2) is 102 Å². The molecule has 1 aromatic heterocycles. The first-order valence-corrected chi connectivity index (χ1v) is 14.2. The van der Waals surface area contributed by atoms with Crippen LogP contribution in [0.2, 0.25) is 5.02 Å². The number of hydrogen-bond donors (Lipinski definition) is 1. The second-order valence-corrected chi connectivity index (χ2v) is 11.8. The normalized spacial score (nSPS) is 14.0. The van der Waals surface area contributed by atoms with Crippen molar-refractivity contribution < 1.29 is 13.2 Å². The van der Waals surface area contributed by atoms with E-state index < -0.39 is 15.6 Å². The van der Waals surface area contributed by atoms with Gasteiger partial charge in [-0.05, 0) is 84.6 Å². The second-order valence-electron chi connectivity index (χ2n) is 9.47. The highest BCUT2D eigenvalue weighted by molar-refractivity contribution is 7.89. The highest BCUT2D eigenvalue weighted by Crippen LogP contribution is 2.46. The third-order valence-electron chi connectivity index (χ3n) is 6.74. The summed E-state index contributed by atoms with van der Waals surface area (Å²) >= 11 is 6.15. The molecular weight excluding hydrogens is 532 g/mol. The largest absolute Gasteiger partial charge is 0.343 e. The molecule has 3 aromatic carbocycles. The Morgan fingerprint density at radius 3 is 2.33 bits per heavy atom. The Morgan fingerprint density at radius 1 is 0.974 bits per heavy atom. The van der Waals surface area contributed by atoms with Crippen molar-refractivity contribution in [3.05, 3.63) is 130 Å². The number of pyridine rings is 1. The van der Waals surface area contributed by atoms with Gasteiger partial charge in [-0.25, -0.2) is 8.42 Å². The lowest BCUT2D eigenvalue weighted by molar-refractivity contribution is 0.0930. The zero-order valence-electron chi connectivity index (χ0n) is 20.9. The molecule has 0 aliphatic heterocycles. The molecule has 1 N–H and O–H groups in total. The summed E-state index contributed by atoms with van der Waals surface area (Å²) < 4.78 is 28.5. The average Bonchev–Trinajstić information content (AvgIpc) is 3.74. The molecule has 4 aromatic rings. The molecule has 0 radical (unpaired) electrons. The van der Waals surface area contributed by atoms with Gasteiger partial charge >= 0.3 is 0 Å². The van der Waals surface area contributed by atoms with Gasteiger partial charge in [0.25, 0.3) is 5.91 Å². The van der Waals surface area contributed by atoms with Crippen molar-refractivity contribution in [2.75, 3.05) is 0 Å². The highest BCUT2D eigenvalue weighted by atomic mass is 35.5.